The van der Waals surface area contributed by atoms with Crippen LogP contribution in [0.1, 0.15) is 30.5 Å². The fourth-order valence-corrected chi connectivity index (χ4v) is 4.01. The number of aliphatic imine (C=N–C) groups is 1. The third-order valence-electron chi connectivity index (χ3n) is 4.55. The molecule has 0 unspecified atom stereocenters. The zero-order chi connectivity index (χ0) is 20.7. The zero-order valence-corrected chi connectivity index (χ0v) is 18.0. The predicted molar refractivity (Wildman–Crippen MR) is 115 cm³/mol. The smallest absolute Gasteiger partial charge is 0.243 e. The summed E-state index contributed by atoms with van der Waals surface area (Å²) >= 11 is 0. The van der Waals surface area contributed by atoms with Gasteiger partial charge in [0.15, 0.2) is 5.96 Å². The summed E-state index contributed by atoms with van der Waals surface area (Å²) in [6.07, 6.45) is 0. The summed E-state index contributed by atoms with van der Waals surface area (Å²) in [5.74, 6) is 0.692. The summed E-state index contributed by atoms with van der Waals surface area (Å²) in [4.78, 5) is 4.53. The summed E-state index contributed by atoms with van der Waals surface area (Å²) in [7, 11) is -0.135. The van der Waals surface area contributed by atoms with Crippen LogP contribution in [0.3, 0.4) is 0 Å². The van der Waals surface area contributed by atoms with Crippen LogP contribution in [-0.2, 0) is 23.1 Å². The van der Waals surface area contributed by atoms with E-state index in [2.05, 4.69) is 40.7 Å². The first-order valence-electron chi connectivity index (χ1n) is 9.31. The van der Waals surface area contributed by atoms with E-state index in [9.17, 15) is 8.42 Å². The number of nitrogens with zero attached hydrogens (tertiary/aromatic N) is 2. The minimum atomic E-state index is -3.46. The van der Waals surface area contributed by atoms with Crippen LogP contribution in [-0.4, -0.2) is 38.8 Å². The lowest BCUT2D eigenvalue weighted by atomic mass is 10.1. The van der Waals surface area contributed by atoms with Gasteiger partial charge in [-0.15, -0.1) is 0 Å². The van der Waals surface area contributed by atoms with Crippen molar-refractivity contribution < 1.29 is 8.42 Å². The van der Waals surface area contributed by atoms with Gasteiger partial charge >= 0.3 is 0 Å². The van der Waals surface area contributed by atoms with E-state index < -0.39 is 10.0 Å². The van der Waals surface area contributed by atoms with Gasteiger partial charge in [0.25, 0.3) is 0 Å². The summed E-state index contributed by atoms with van der Waals surface area (Å²) in [5, 5.41) is 6.53. The number of hydrogen-bond acceptors (Lipinski definition) is 3. The molecular formula is C21H30N4O2S. The molecule has 2 rings (SSSR count). The molecule has 0 radical (unpaired) electrons. The molecule has 152 valence electrons. The Kier molecular flexibility index (Phi) is 7.60. The molecule has 0 atom stereocenters. The van der Waals surface area contributed by atoms with Crippen LogP contribution in [0, 0.1) is 6.92 Å². The third-order valence-corrected chi connectivity index (χ3v) is 6.60. The Morgan fingerprint density at radius 2 is 1.64 bits per heavy atom. The van der Waals surface area contributed by atoms with E-state index in [1.54, 1.807) is 26.2 Å². The van der Waals surface area contributed by atoms with Crippen molar-refractivity contribution in [3.05, 3.63) is 65.2 Å². The number of hydrogen-bond donors (Lipinski definition) is 2. The van der Waals surface area contributed by atoms with Crippen molar-refractivity contribution in [1.29, 1.82) is 0 Å². The average molecular weight is 403 g/mol. The van der Waals surface area contributed by atoms with Crippen LogP contribution in [0.15, 0.2) is 58.4 Å². The zero-order valence-electron chi connectivity index (χ0n) is 17.2. The van der Waals surface area contributed by atoms with Crippen molar-refractivity contribution >= 4 is 16.0 Å². The van der Waals surface area contributed by atoms with Crippen molar-refractivity contribution in [2.45, 2.75) is 44.8 Å². The molecule has 6 nitrogen and oxygen atoms in total. The summed E-state index contributed by atoms with van der Waals surface area (Å²) in [6, 6.07) is 15.2. The van der Waals surface area contributed by atoms with Crippen LogP contribution in [0.25, 0.3) is 0 Å². The molecule has 28 heavy (non-hydrogen) atoms. The molecule has 0 aliphatic heterocycles. The van der Waals surface area contributed by atoms with Crippen molar-refractivity contribution in [3.8, 4) is 0 Å². The van der Waals surface area contributed by atoms with Crippen molar-refractivity contribution in [2.75, 3.05) is 14.1 Å². The van der Waals surface area contributed by atoms with Gasteiger partial charge in [-0.25, -0.2) is 8.42 Å². The maximum atomic E-state index is 12.5. The topological polar surface area (TPSA) is 73.8 Å². The molecule has 0 fully saturated rings. The lowest BCUT2D eigenvalue weighted by molar-refractivity contribution is 0.410. The Hall–Kier alpha value is -2.38. The highest BCUT2D eigenvalue weighted by atomic mass is 32.2. The second-order valence-corrected chi connectivity index (χ2v) is 9.02. The van der Waals surface area contributed by atoms with Gasteiger partial charge in [0.2, 0.25) is 10.0 Å². The fraction of sp³-hybridized carbons (Fsp3) is 0.381. The highest BCUT2D eigenvalue weighted by molar-refractivity contribution is 7.89. The second-order valence-electron chi connectivity index (χ2n) is 7.03. The summed E-state index contributed by atoms with van der Waals surface area (Å²) in [5.41, 5.74) is 3.39. The maximum absolute atomic E-state index is 12.5. The molecule has 0 amide bonds. The molecule has 0 spiro atoms. The van der Waals surface area contributed by atoms with E-state index >= 15 is 0 Å². The third kappa shape index (κ3) is 5.81. The number of benzene rings is 2. The quantitative estimate of drug-likeness (QED) is 0.552. The normalized spacial score (nSPS) is 12.5. The number of sulfonamides is 1. The van der Waals surface area contributed by atoms with E-state index in [1.807, 2.05) is 32.0 Å². The van der Waals surface area contributed by atoms with Crippen LogP contribution in [0.2, 0.25) is 0 Å². The number of nitrogens with one attached hydrogen (secondary N) is 2. The minimum absolute atomic E-state index is 0.0888. The molecule has 2 N–H and O–H groups in total. The monoisotopic (exact) mass is 402 g/mol. The van der Waals surface area contributed by atoms with Crippen molar-refractivity contribution in [3.63, 3.8) is 0 Å². The summed E-state index contributed by atoms with van der Waals surface area (Å²) in [6.45, 7) is 7.00. The van der Waals surface area contributed by atoms with Crippen LogP contribution < -0.4 is 10.6 Å². The number of rotatable bonds is 7. The van der Waals surface area contributed by atoms with Crippen LogP contribution in [0.4, 0.5) is 0 Å². The molecule has 0 bridgehead atoms. The van der Waals surface area contributed by atoms with E-state index in [0.717, 1.165) is 5.56 Å². The molecule has 2 aromatic rings. The second kappa shape index (κ2) is 9.71. The molecular weight excluding hydrogens is 372 g/mol. The molecule has 0 aromatic heterocycles. The van der Waals surface area contributed by atoms with E-state index in [1.165, 1.54) is 15.4 Å². The standard InChI is InChI=1S/C21H30N4O2S/c1-16(2)25(5)28(26,27)20-11-9-18(10-12-20)14-23-21(22-4)24-15-19-8-6-7-17(3)13-19/h6-13,16H,14-15H2,1-5H3,(H2,22,23,24). The van der Waals surface area contributed by atoms with Gasteiger partial charge in [0.05, 0.1) is 4.90 Å². The molecule has 0 aliphatic rings. The van der Waals surface area contributed by atoms with Gasteiger partial charge in [0, 0.05) is 33.2 Å². The first-order valence-corrected chi connectivity index (χ1v) is 10.7. The Bertz CT molecular complexity index is 906. The predicted octanol–water partition coefficient (Wildman–Crippen LogP) is 2.89. The molecule has 0 saturated carbocycles. The van der Waals surface area contributed by atoms with E-state index in [4.69, 9.17) is 0 Å². The molecule has 2 aromatic carbocycles. The Balaban J connectivity index is 1.94. The number of guanidine groups is 1. The van der Waals surface area contributed by atoms with Gasteiger partial charge in [-0.3, -0.25) is 4.99 Å². The van der Waals surface area contributed by atoms with Gasteiger partial charge in [-0.05, 0) is 44.0 Å². The Morgan fingerprint density at radius 3 is 2.18 bits per heavy atom. The minimum Gasteiger partial charge on any atom is -0.352 e. The molecule has 0 saturated heterocycles. The Morgan fingerprint density at radius 1 is 1.04 bits per heavy atom. The first kappa shape index (κ1) is 21.9. The van der Waals surface area contributed by atoms with Crippen LogP contribution in [0.5, 0.6) is 0 Å². The SMILES string of the molecule is CN=C(NCc1ccc(S(=O)(=O)N(C)C(C)C)cc1)NCc1cccc(C)c1. The molecule has 0 aliphatic carbocycles. The highest BCUT2D eigenvalue weighted by Crippen LogP contribution is 2.17. The van der Waals surface area contributed by atoms with E-state index in [0.29, 0.717) is 23.9 Å². The van der Waals surface area contributed by atoms with Crippen molar-refractivity contribution in [1.82, 2.24) is 14.9 Å². The lowest BCUT2D eigenvalue weighted by Crippen LogP contribution is -2.36. The lowest BCUT2D eigenvalue weighted by Gasteiger charge is -2.21. The average Bonchev–Trinajstić information content (AvgIpc) is 2.67. The fourth-order valence-electron chi connectivity index (χ4n) is 2.64. The van der Waals surface area contributed by atoms with Gasteiger partial charge in [-0.2, -0.15) is 4.31 Å². The molecule has 7 heteroatoms. The molecule has 0 heterocycles. The Labute approximate surface area is 168 Å². The highest BCUT2D eigenvalue weighted by Gasteiger charge is 2.22. The summed E-state index contributed by atoms with van der Waals surface area (Å²) < 4.78 is 26.4. The number of aryl methyl sites for hydroxylation is 1. The van der Waals surface area contributed by atoms with Gasteiger partial charge < -0.3 is 10.6 Å². The van der Waals surface area contributed by atoms with E-state index in [-0.39, 0.29) is 6.04 Å². The van der Waals surface area contributed by atoms with Crippen molar-refractivity contribution in [2.24, 2.45) is 4.99 Å². The maximum Gasteiger partial charge on any atom is 0.243 e. The van der Waals surface area contributed by atoms with Gasteiger partial charge in [0.1, 0.15) is 0 Å². The van der Waals surface area contributed by atoms with Crippen LogP contribution >= 0.6 is 0 Å². The first-order chi connectivity index (χ1) is 13.2. The largest absolute Gasteiger partial charge is 0.352 e. The van der Waals surface area contributed by atoms with Gasteiger partial charge in [-0.1, -0.05) is 42.0 Å².